The van der Waals surface area contributed by atoms with Crippen LogP contribution in [0.1, 0.15) is 12.8 Å². The van der Waals surface area contributed by atoms with Crippen LogP contribution in [0.3, 0.4) is 0 Å². The topological polar surface area (TPSA) is 75.7 Å². The number of carbonyl (C=O) groups excluding carboxylic acids is 1. The molecule has 0 spiro atoms. The Morgan fingerprint density at radius 2 is 1.90 bits per heavy atom. The summed E-state index contributed by atoms with van der Waals surface area (Å²) in [4.78, 5) is 16.8. The molecule has 0 atom stereocenters. The predicted molar refractivity (Wildman–Crippen MR) is 113 cm³/mol. The normalized spacial score (nSPS) is 14.8. The molecule has 1 aliphatic heterocycles. The molecule has 2 heterocycles. The van der Waals surface area contributed by atoms with Gasteiger partial charge in [0.15, 0.2) is 17.9 Å². The van der Waals surface area contributed by atoms with E-state index >= 15 is 0 Å². The number of nitrogens with one attached hydrogen (secondary N) is 2. The molecule has 10 heteroatoms. The Hall–Kier alpha value is -3.17. The lowest BCUT2D eigenvalue weighted by molar-refractivity contribution is -0.179. The summed E-state index contributed by atoms with van der Waals surface area (Å²) >= 11 is 0. The van der Waals surface area contributed by atoms with E-state index in [0.717, 1.165) is 5.69 Å². The van der Waals surface area contributed by atoms with E-state index in [1.807, 2.05) is 17.0 Å². The molecule has 0 aliphatic carbocycles. The Kier molecular flexibility index (Phi) is 7.09. The number of ether oxygens (including phenoxy) is 2. The smallest absolute Gasteiger partial charge is 0.391 e. The van der Waals surface area contributed by atoms with E-state index < -0.39 is 12.1 Å². The van der Waals surface area contributed by atoms with Crippen LogP contribution in [0.4, 0.5) is 36.1 Å². The van der Waals surface area contributed by atoms with E-state index in [1.54, 1.807) is 25.4 Å². The van der Waals surface area contributed by atoms with Crippen molar-refractivity contribution in [3.05, 3.63) is 30.5 Å². The highest BCUT2D eigenvalue weighted by Gasteiger charge is 2.41. The van der Waals surface area contributed by atoms with Crippen LogP contribution in [-0.2, 0) is 4.79 Å². The quantitative estimate of drug-likeness (QED) is 0.598. The lowest BCUT2D eigenvalue weighted by Gasteiger charge is -2.35. The summed E-state index contributed by atoms with van der Waals surface area (Å²) < 4.78 is 49.7. The fourth-order valence-corrected chi connectivity index (χ4v) is 3.57. The predicted octanol–water partition coefficient (Wildman–Crippen LogP) is 4.23. The van der Waals surface area contributed by atoms with Crippen LogP contribution in [0.2, 0.25) is 0 Å². The number of aromatic nitrogens is 1. The fraction of sp³-hybridized carbons (Fsp3) is 0.429. The van der Waals surface area contributed by atoms with E-state index in [9.17, 15) is 18.0 Å². The van der Waals surface area contributed by atoms with Gasteiger partial charge in [0.1, 0.15) is 12.4 Å². The molecule has 0 unspecified atom stereocenters. The monoisotopic (exact) mass is 438 g/mol. The zero-order valence-corrected chi connectivity index (χ0v) is 17.3. The van der Waals surface area contributed by atoms with Crippen molar-refractivity contribution in [2.45, 2.75) is 19.0 Å². The zero-order chi connectivity index (χ0) is 22.4. The van der Waals surface area contributed by atoms with Crippen LogP contribution in [0.15, 0.2) is 30.5 Å². The molecule has 2 aromatic rings. The molecule has 0 amide bonds. The molecule has 0 saturated carbocycles. The summed E-state index contributed by atoms with van der Waals surface area (Å²) in [6, 6.07) is 7.15. The van der Waals surface area contributed by atoms with Gasteiger partial charge in [0, 0.05) is 38.0 Å². The number of aldehydes is 1. The first-order valence-electron chi connectivity index (χ1n) is 9.86. The van der Waals surface area contributed by atoms with Gasteiger partial charge in [-0.05, 0) is 25.0 Å². The van der Waals surface area contributed by atoms with E-state index in [4.69, 9.17) is 9.47 Å². The van der Waals surface area contributed by atoms with Crippen LogP contribution in [0, 0.1) is 5.92 Å². The average molecular weight is 438 g/mol. The van der Waals surface area contributed by atoms with Crippen molar-refractivity contribution in [1.82, 2.24) is 4.98 Å². The second kappa shape index (κ2) is 9.76. The second-order valence-corrected chi connectivity index (χ2v) is 7.11. The second-order valence-electron chi connectivity index (χ2n) is 7.11. The lowest BCUT2D eigenvalue weighted by Crippen LogP contribution is -2.39. The van der Waals surface area contributed by atoms with Crippen molar-refractivity contribution in [3.8, 4) is 11.5 Å². The molecule has 168 valence electrons. The van der Waals surface area contributed by atoms with Gasteiger partial charge in [-0.25, -0.2) is 4.98 Å². The number of halogens is 3. The third-order valence-electron chi connectivity index (χ3n) is 5.16. The highest BCUT2D eigenvalue weighted by atomic mass is 19.4. The summed E-state index contributed by atoms with van der Waals surface area (Å²) in [5.74, 6) is 0.241. The van der Waals surface area contributed by atoms with Gasteiger partial charge in [-0.15, -0.1) is 0 Å². The SMILES string of the molecule is CNc1ncc(Nc2ccc(N3CCC(C(F)(F)F)CC3)c(OC)c2)cc1OCC=O. The van der Waals surface area contributed by atoms with Crippen LogP contribution >= 0.6 is 0 Å². The summed E-state index contributed by atoms with van der Waals surface area (Å²) in [7, 11) is 3.23. The number of benzene rings is 1. The number of pyridine rings is 1. The molecule has 1 aromatic carbocycles. The number of alkyl halides is 3. The van der Waals surface area contributed by atoms with Gasteiger partial charge in [-0.3, -0.25) is 4.79 Å². The number of hydrogen-bond acceptors (Lipinski definition) is 7. The van der Waals surface area contributed by atoms with Crippen molar-refractivity contribution in [1.29, 1.82) is 0 Å². The number of rotatable bonds is 8. The molecule has 7 nitrogen and oxygen atoms in total. The minimum atomic E-state index is -4.14. The highest BCUT2D eigenvalue weighted by molar-refractivity contribution is 5.70. The van der Waals surface area contributed by atoms with Crippen molar-refractivity contribution in [3.63, 3.8) is 0 Å². The molecule has 2 N–H and O–H groups in total. The molecule has 1 aliphatic rings. The number of nitrogens with zero attached hydrogens (tertiary/aromatic N) is 2. The standard InChI is InChI=1S/C21H25F3N4O3/c1-25-20-19(31-10-9-29)12-16(13-26-20)27-15-3-4-17(18(11-15)30-2)28-7-5-14(6-8-28)21(22,23)24/h3-4,9,11-14,27H,5-8,10H2,1-2H3,(H,25,26). The van der Waals surface area contributed by atoms with Gasteiger partial charge >= 0.3 is 6.18 Å². The minimum Gasteiger partial charge on any atom is -0.495 e. The van der Waals surface area contributed by atoms with E-state index in [1.165, 1.54) is 7.11 Å². The Morgan fingerprint density at radius 3 is 2.52 bits per heavy atom. The number of piperidine rings is 1. The van der Waals surface area contributed by atoms with Crippen molar-refractivity contribution in [2.24, 2.45) is 5.92 Å². The van der Waals surface area contributed by atoms with E-state index in [2.05, 4.69) is 15.6 Å². The summed E-state index contributed by atoms with van der Waals surface area (Å²) in [6.07, 6.45) is -1.74. The van der Waals surface area contributed by atoms with Gasteiger partial charge in [-0.1, -0.05) is 0 Å². The molecule has 0 radical (unpaired) electrons. The number of hydrogen-bond donors (Lipinski definition) is 2. The molecular formula is C21H25F3N4O3. The van der Waals surface area contributed by atoms with Crippen LogP contribution in [-0.4, -0.2) is 51.3 Å². The van der Waals surface area contributed by atoms with Crippen molar-refractivity contribution in [2.75, 3.05) is 49.4 Å². The Balaban J connectivity index is 1.74. The maximum Gasteiger partial charge on any atom is 0.391 e. The Morgan fingerprint density at radius 1 is 1.19 bits per heavy atom. The zero-order valence-electron chi connectivity index (χ0n) is 17.3. The average Bonchev–Trinajstić information content (AvgIpc) is 2.77. The van der Waals surface area contributed by atoms with E-state index in [0.29, 0.717) is 48.1 Å². The van der Waals surface area contributed by atoms with Crippen LogP contribution < -0.4 is 25.0 Å². The molecular weight excluding hydrogens is 413 g/mol. The molecule has 1 fully saturated rings. The van der Waals surface area contributed by atoms with Gasteiger partial charge in [0.2, 0.25) is 0 Å². The third kappa shape index (κ3) is 5.50. The van der Waals surface area contributed by atoms with Gasteiger partial charge in [-0.2, -0.15) is 13.2 Å². The first kappa shape index (κ1) is 22.5. The first-order valence-corrected chi connectivity index (χ1v) is 9.86. The number of carbonyl (C=O) groups is 1. The first-order chi connectivity index (χ1) is 14.9. The van der Waals surface area contributed by atoms with Gasteiger partial charge < -0.3 is 25.0 Å². The van der Waals surface area contributed by atoms with Crippen LogP contribution in [0.5, 0.6) is 11.5 Å². The largest absolute Gasteiger partial charge is 0.495 e. The van der Waals surface area contributed by atoms with Gasteiger partial charge in [0.05, 0.1) is 30.6 Å². The summed E-state index contributed by atoms with van der Waals surface area (Å²) in [5.41, 5.74) is 2.11. The molecule has 31 heavy (non-hydrogen) atoms. The Bertz CT molecular complexity index is 900. The fourth-order valence-electron chi connectivity index (χ4n) is 3.57. The van der Waals surface area contributed by atoms with Crippen molar-refractivity contribution < 1.29 is 27.4 Å². The highest BCUT2D eigenvalue weighted by Crippen LogP contribution is 2.39. The maximum absolute atomic E-state index is 12.9. The number of anilines is 4. The summed E-state index contributed by atoms with van der Waals surface area (Å²) in [5, 5.41) is 6.09. The summed E-state index contributed by atoms with van der Waals surface area (Å²) in [6.45, 7) is 0.549. The van der Waals surface area contributed by atoms with Crippen molar-refractivity contribution >= 4 is 29.2 Å². The molecule has 1 aromatic heterocycles. The van der Waals surface area contributed by atoms with Crippen LogP contribution in [0.25, 0.3) is 0 Å². The minimum absolute atomic E-state index is 0.0692. The molecule has 0 bridgehead atoms. The van der Waals surface area contributed by atoms with E-state index in [-0.39, 0.29) is 19.4 Å². The third-order valence-corrected chi connectivity index (χ3v) is 5.16. The lowest BCUT2D eigenvalue weighted by atomic mass is 9.96. The Labute approximate surface area is 178 Å². The number of methoxy groups -OCH3 is 1. The van der Waals surface area contributed by atoms with Gasteiger partial charge in [0.25, 0.3) is 0 Å². The molecule has 3 rings (SSSR count). The maximum atomic E-state index is 12.9. The molecule has 1 saturated heterocycles.